The Balaban J connectivity index is 0.00000225. The number of nitrogens with one attached hydrogen (secondary N) is 1. The maximum absolute atomic E-state index is 4.88. The Kier molecular flexibility index (Phi) is 7.74. The molecule has 25 heavy (non-hydrogen) atoms. The second kappa shape index (κ2) is 9.79. The number of nitrogens with zero attached hydrogens (tertiary/aromatic N) is 4. The molecule has 6 heteroatoms. The van der Waals surface area contributed by atoms with Crippen molar-refractivity contribution in [3.05, 3.63) is 53.9 Å². The van der Waals surface area contributed by atoms with Crippen LogP contribution in [0.5, 0.6) is 0 Å². The van der Waals surface area contributed by atoms with E-state index in [0.717, 1.165) is 45.1 Å². The standard InChI is InChI=1S/C19H27N5.HI/c1-3-20-19(21-13-16(2)14-24-11-6-10-22-24)23-12-9-17-7-4-5-8-18(17)15-23;/h4-8,10-11,16H,3,9,12-15H2,1-2H3,(H,20,21);1H. The van der Waals surface area contributed by atoms with Crippen molar-refractivity contribution in [1.29, 1.82) is 0 Å². The van der Waals surface area contributed by atoms with Crippen molar-refractivity contribution in [2.45, 2.75) is 33.4 Å². The highest BCUT2D eigenvalue weighted by atomic mass is 127. The van der Waals surface area contributed by atoms with Gasteiger partial charge in [-0.1, -0.05) is 31.2 Å². The van der Waals surface area contributed by atoms with Crippen molar-refractivity contribution in [3.8, 4) is 0 Å². The third-order valence-corrected chi connectivity index (χ3v) is 4.38. The normalized spacial score (nSPS) is 15.3. The molecule has 5 nitrogen and oxygen atoms in total. The Morgan fingerprint density at radius 1 is 1.28 bits per heavy atom. The minimum Gasteiger partial charge on any atom is -0.357 e. The van der Waals surface area contributed by atoms with Gasteiger partial charge in [0.1, 0.15) is 0 Å². The second-order valence-corrected chi connectivity index (χ2v) is 6.47. The quantitative estimate of drug-likeness (QED) is 0.430. The maximum atomic E-state index is 4.88. The molecule has 0 saturated carbocycles. The molecule has 1 aliphatic heterocycles. The zero-order valence-electron chi connectivity index (χ0n) is 15.1. The Bertz CT molecular complexity index is 668. The van der Waals surface area contributed by atoms with E-state index in [1.807, 2.05) is 23.1 Å². The first-order chi connectivity index (χ1) is 11.8. The van der Waals surface area contributed by atoms with E-state index in [1.54, 1.807) is 0 Å². The highest BCUT2D eigenvalue weighted by molar-refractivity contribution is 14.0. The van der Waals surface area contributed by atoms with Crippen molar-refractivity contribution in [3.63, 3.8) is 0 Å². The van der Waals surface area contributed by atoms with Crippen LogP contribution < -0.4 is 5.32 Å². The molecule has 0 aliphatic carbocycles. The molecular weight excluding hydrogens is 425 g/mol. The molecule has 1 N–H and O–H groups in total. The number of hydrogen-bond donors (Lipinski definition) is 1. The number of benzene rings is 1. The third kappa shape index (κ3) is 5.45. The lowest BCUT2D eigenvalue weighted by Gasteiger charge is -2.32. The molecule has 2 aromatic rings. The van der Waals surface area contributed by atoms with Gasteiger partial charge in [0.2, 0.25) is 0 Å². The molecule has 1 unspecified atom stereocenters. The zero-order chi connectivity index (χ0) is 16.8. The summed E-state index contributed by atoms with van der Waals surface area (Å²) in [6, 6.07) is 10.7. The molecule has 0 spiro atoms. The van der Waals surface area contributed by atoms with E-state index in [9.17, 15) is 0 Å². The summed E-state index contributed by atoms with van der Waals surface area (Å²) in [5.74, 6) is 1.48. The van der Waals surface area contributed by atoms with Gasteiger partial charge >= 0.3 is 0 Å². The van der Waals surface area contributed by atoms with E-state index in [1.165, 1.54) is 11.1 Å². The average Bonchev–Trinajstić information content (AvgIpc) is 3.11. The lowest BCUT2D eigenvalue weighted by molar-refractivity contribution is 0.375. The predicted octanol–water partition coefficient (Wildman–Crippen LogP) is 3.16. The summed E-state index contributed by atoms with van der Waals surface area (Å²) < 4.78 is 1.98. The Morgan fingerprint density at radius 3 is 2.80 bits per heavy atom. The van der Waals surface area contributed by atoms with Crippen molar-refractivity contribution < 1.29 is 0 Å². The molecular formula is C19H28IN5. The predicted molar refractivity (Wildman–Crippen MR) is 113 cm³/mol. The van der Waals surface area contributed by atoms with Gasteiger partial charge in [0, 0.05) is 45.1 Å². The minimum absolute atomic E-state index is 0. The molecule has 136 valence electrons. The molecule has 0 amide bonds. The van der Waals surface area contributed by atoms with E-state index in [-0.39, 0.29) is 24.0 Å². The van der Waals surface area contributed by atoms with E-state index in [2.05, 4.69) is 53.4 Å². The lowest BCUT2D eigenvalue weighted by atomic mass is 10.0. The first-order valence-corrected chi connectivity index (χ1v) is 8.83. The first-order valence-electron chi connectivity index (χ1n) is 8.83. The first kappa shape index (κ1) is 19.8. The maximum Gasteiger partial charge on any atom is 0.194 e. The van der Waals surface area contributed by atoms with Crippen LogP contribution in [0.25, 0.3) is 0 Å². The number of aliphatic imine (C=N–C) groups is 1. The van der Waals surface area contributed by atoms with Crippen LogP contribution in [0.4, 0.5) is 0 Å². The molecule has 1 aromatic heterocycles. The minimum atomic E-state index is 0. The van der Waals surface area contributed by atoms with Crippen LogP contribution >= 0.6 is 24.0 Å². The fourth-order valence-electron chi connectivity index (χ4n) is 3.13. The summed E-state index contributed by atoms with van der Waals surface area (Å²) in [6.07, 6.45) is 4.92. The third-order valence-electron chi connectivity index (χ3n) is 4.38. The summed E-state index contributed by atoms with van der Waals surface area (Å²) in [6.45, 7) is 8.91. The van der Waals surface area contributed by atoms with Gasteiger partial charge in [0.15, 0.2) is 5.96 Å². The molecule has 1 aliphatic rings. The Labute approximate surface area is 167 Å². The number of hydrogen-bond acceptors (Lipinski definition) is 2. The van der Waals surface area contributed by atoms with Crippen LogP contribution in [-0.2, 0) is 19.5 Å². The molecule has 1 atom stereocenters. The van der Waals surface area contributed by atoms with Gasteiger partial charge in [0.25, 0.3) is 0 Å². The topological polar surface area (TPSA) is 45.5 Å². The van der Waals surface area contributed by atoms with E-state index in [0.29, 0.717) is 5.92 Å². The Morgan fingerprint density at radius 2 is 2.08 bits per heavy atom. The summed E-state index contributed by atoms with van der Waals surface area (Å²) in [4.78, 5) is 7.25. The van der Waals surface area contributed by atoms with E-state index in [4.69, 9.17) is 4.99 Å². The molecule has 0 fully saturated rings. The second-order valence-electron chi connectivity index (χ2n) is 6.47. The van der Waals surface area contributed by atoms with Crippen LogP contribution in [0.2, 0.25) is 0 Å². The monoisotopic (exact) mass is 453 g/mol. The molecule has 0 radical (unpaired) electrons. The van der Waals surface area contributed by atoms with Gasteiger partial charge in [-0.05, 0) is 36.5 Å². The van der Waals surface area contributed by atoms with Crippen molar-refractivity contribution in [2.75, 3.05) is 19.6 Å². The summed E-state index contributed by atoms with van der Waals surface area (Å²) in [7, 11) is 0. The molecule has 3 rings (SSSR count). The van der Waals surface area contributed by atoms with Crippen LogP contribution in [0.1, 0.15) is 25.0 Å². The average molecular weight is 453 g/mol. The van der Waals surface area contributed by atoms with Crippen molar-refractivity contribution in [2.24, 2.45) is 10.9 Å². The number of rotatable bonds is 5. The summed E-state index contributed by atoms with van der Waals surface area (Å²) in [5.41, 5.74) is 2.88. The van der Waals surface area contributed by atoms with Gasteiger partial charge in [-0.15, -0.1) is 24.0 Å². The van der Waals surface area contributed by atoms with E-state index >= 15 is 0 Å². The highest BCUT2D eigenvalue weighted by Crippen LogP contribution is 2.18. The number of guanidine groups is 1. The zero-order valence-corrected chi connectivity index (χ0v) is 17.4. The molecule has 2 heterocycles. The number of aromatic nitrogens is 2. The summed E-state index contributed by atoms with van der Waals surface area (Å²) >= 11 is 0. The smallest absolute Gasteiger partial charge is 0.194 e. The fourth-order valence-corrected chi connectivity index (χ4v) is 3.13. The SMILES string of the molecule is CCNC(=NCC(C)Cn1cccn1)N1CCc2ccccc2C1.I. The molecule has 0 bridgehead atoms. The van der Waals surface area contributed by atoms with E-state index < -0.39 is 0 Å². The molecule has 0 saturated heterocycles. The van der Waals surface area contributed by atoms with Gasteiger partial charge in [-0.25, -0.2) is 0 Å². The number of halogens is 1. The van der Waals surface area contributed by atoms with Crippen LogP contribution in [-0.4, -0.2) is 40.3 Å². The Hall–Kier alpha value is -1.57. The van der Waals surface area contributed by atoms with Crippen LogP contribution in [0.3, 0.4) is 0 Å². The van der Waals surface area contributed by atoms with Gasteiger partial charge in [0.05, 0.1) is 0 Å². The molecule has 1 aromatic carbocycles. The highest BCUT2D eigenvalue weighted by Gasteiger charge is 2.18. The van der Waals surface area contributed by atoms with Crippen molar-refractivity contribution >= 4 is 29.9 Å². The largest absolute Gasteiger partial charge is 0.357 e. The lowest BCUT2D eigenvalue weighted by Crippen LogP contribution is -2.44. The van der Waals surface area contributed by atoms with Crippen LogP contribution in [0.15, 0.2) is 47.7 Å². The fraction of sp³-hybridized carbons (Fsp3) is 0.474. The van der Waals surface area contributed by atoms with Gasteiger partial charge < -0.3 is 10.2 Å². The van der Waals surface area contributed by atoms with Crippen molar-refractivity contribution in [1.82, 2.24) is 20.0 Å². The van der Waals surface area contributed by atoms with Gasteiger partial charge in [-0.2, -0.15) is 5.10 Å². The van der Waals surface area contributed by atoms with Gasteiger partial charge in [-0.3, -0.25) is 9.67 Å². The summed E-state index contributed by atoms with van der Waals surface area (Å²) in [5, 5.41) is 7.73. The number of fused-ring (bicyclic) bond motifs is 1. The van der Waals surface area contributed by atoms with Crippen LogP contribution in [0, 0.1) is 5.92 Å².